The van der Waals surface area contributed by atoms with Crippen LogP contribution >= 0.6 is 11.6 Å². The van der Waals surface area contributed by atoms with Crippen molar-refractivity contribution in [3.8, 4) is 0 Å². The van der Waals surface area contributed by atoms with Crippen LogP contribution in [0.1, 0.15) is 12.8 Å². The van der Waals surface area contributed by atoms with Crippen LogP contribution in [0, 0.1) is 5.92 Å². The Morgan fingerprint density at radius 3 is 2.36 bits per heavy atom. The summed E-state index contributed by atoms with van der Waals surface area (Å²) in [7, 11) is -3.24. The van der Waals surface area contributed by atoms with Gasteiger partial charge < -0.3 is 0 Å². The molecule has 0 aromatic rings. The van der Waals surface area contributed by atoms with E-state index in [0.717, 1.165) is 0 Å². The second-order valence-corrected chi connectivity index (χ2v) is 6.15. The van der Waals surface area contributed by atoms with Gasteiger partial charge in [0.15, 0.2) is 0 Å². The van der Waals surface area contributed by atoms with Crippen LogP contribution in [-0.2, 0) is 10.0 Å². The lowest BCUT2D eigenvalue weighted by molar-refractivity contribution is 0.210. The molecule has 0 aliphatic heterocycles. The molecule has 0 aromatic carbocycles. The molecule has 1 rings (SSSR count). The maximum atomic E-state index is 12.1. The average Bonchev–Trinajstić information content (AvgIpc) is 2.01. The minimum atomic E-state index is -4.41. The number of nitrogens with zero attached hydrogens (tertiary/aromatic N) is 1. The van der Waals surface area contributed by atoms with E-state index in [1.165, 1.54) is 7.05 Å². The molecule has 1 aliphatic rings. The third-order valence-corrected chi connectivity index (χ3v) is 4.18. The van der Waals surface area contributed by atoms with Crippen molar-refractivity contribution < 1.29 is 17.2 Å². The van der Waals surface area contributed by atoms with Gasteiger partial charge in [0.2, 0.25) is 0 Å². The summed E-state index contributed by atoms with van der Waals surface area (Å²) < 4.78 is 46.7. The molecule has 1 saturated carbocycles. The van der Waals surface area contributed by atoms with Crippen LogP contribution in [0.25, 0.3) is 0 Å². The van der Waals surface area contributed by atoms with Crippen molar-refractivity contribution in [3.63, 3.8) is 0 Å². The van der Waals surface area contributed by atoms with Gasteiger partial charge in [-0.2, -0.15) is 13.1 Å². The Hall–Kier alpha value is 0.0600. The van der Waals surface area contributed by atoms with Crippen molar-refractivity contribution in [1.29, 1.82) is 0 Å². The van der Waals surface area contributed by atoms with Crippen molar-refractivity contribution in [3.05, 3.63) is 0 Å². The van der Waals surface area contributed by atoms with Gasteiger partial charge in [-0.1, -0.05) is 0 Å². The van der Waals surface area contributed by atoms with Gasteiger partial charge in [0.25, 0.3) is 10.0 Å². The number of sulfonamides is 1. The minimum Gasteiger partial charge on any atom is -0.206 e. The highest BCUT2D eigenvalue weighted by molar-refractivity contribution is 7.89. The molecule has 1 aliphatic carbocycles. The number of rotatable bonds is 4. The van der Waals surface area contributed by atoms with Gasteiger partial charge >= 0.3 is 5.76 Å². The molecular formula is C7H12ClF2NO2S. The summed E-state index contributed by atoms with van der Waals surface area (Å²) in [6.07, 6.45) is 1.40. The zero-order valence-corrected chi connectivity index (χ0v) is 9.23. The molecule has 14 heavy (non-hydrogen) atoms. The fraction of sp³-hybridized carbons (Fsp3) is 1.00. The summed E-state index contributed by atoms with van der Waals surface area (Å²) in [5.41, 5.74) is 0. The molecule has 0 heterocycles. The summed E-state index contributed by atoms with van der Waals surface area (Å²) >= 11 is 5.69. The number of halogens is 3. The highest BCUT2D eigenvalue weighted by Gasteiger charge is 2.34. The molecule has 84 valence electrons. The Labute approximate surface area is 87.1 Å². The van der Waals surface area contributed by atoms with Crippen LogP contribution in [0.5, 0.6) is 0 Å². The molecule has 0 atom stereocenters. The Kier molecular flexibility index (Phi) is 3.71. The Balaban J connectivity index is 2.46. The zero-order valence-electron chi connectivity index (χ0n) is 7.66. The first-order valence-corrected chi connectivity index (χ1v) is 6.15. The molecule has 0 unspecified atom stereocenters. The smallest absolute Gasteiger partial charge is 0.206 e. The topological polar surface area (TPSA) is 37.4 Å². The van der Waals surface area contributed by atoms with Gasteiger partial charge in [-0.25, -0.2) is 8.42 Å². The fourth-order valence-corrected chi connectivity index (χ4v) is 2.60. The normalized spacial score (nSPS) is 28.1. The van der Waals surface area contributed by atoms with E-state index in [9.17, 15) is 17.2 Å². The lowest BCUT2D eigenvalue weighted by Gasteiger charge is -2.33. The van der Waals surface area contributed by atoms with E-state index in [0.29, 0.717) is 17.1 Å². The van der Waals surface area contributed by atoms with Crippen LogP contribution in [0.2, 0.25) is 0 Å². The lowest BCUT2D eigenvalue weighted by Crippen LogP contribution is -2.40. The van der Waals surface area contributed by atoms with Crippen molar-refractivity contribution in [2.24, 2.45) is 5.92 Å². The Morgan fingerprint density at radius 2 is 2.00 bits per heavy atom. The Morgan fingerprint density at radius 1 is 1.50 bits per heavy atom. The summed E-state index contributed by atoms with van der Waals surface area (Å²) in [6, 6.07) is 0. The molecule has 0 amide bonds. The van der Waals surface area contributed by atoms with Gasteiger partial charge in [0.05, 0.1) is 0 Å². The van der Waals surface area contributed by atoms with E-state index >= 15 is 0 Å². The second kappa shape index (κ2) is 4.28. The van der Waals surface area contributed by atoms with Crippen molar-refractivity contribution in [2.75, 3.05) is 13.6 Å². The van der Waals surface area contributed by atoms with E-state index in [1.54, 1.807) is 0 Å². The molecular weight excluding hydrogens is 236 g/mol. The molecule has 0 spiro atoms. The summed E-state index contributed by atoms with van der Waals surface area (Å²) in [4.78, 5) is 0. The molecule has 0 bridgehead atoms. The fourth-order valence-electron chi connectivity index (χ4n) is 1.41. The van der Waals surface area contributed by atoms with Crippen LogP contribution < -0.4 is 0 Å². The Bertz CT molecular complexity index is 290. The summed E-state index contributed by atoms with van der Waals surface area (Å²) in [5, 5.41) is 0.0719. The minimum absolute atomic E-state index is 0.0719. The predicted octanol–water partition coefficient (Wildman–Crippen LogP) is 1.49. The SMILES string of the molecule is CN(CC1CC(Cl)C1)S(=O)(=O)C(F)F. The second-order valence-electron chi connectivity index (χ2n) is 3.52. The highest BCUT2D eigenvalue weighted by Crippen LogP contribution is 2.32. The van der Waals surface area contributed by atoms with Crippen LogP contribution in [0.4, 0.5) is 8.78 Å². The third-order valence-electron chi connectivity index (χ3n) is 2.35. The average molecular weight is 248 g/mol. The van der Waals surface area contributed by atoms with Gasteiger partial charge in [-0.15, -0.1) is 11.6 Å². The molecule has 0 aromatic heterocycles. The molecule has 0 saturated heterocycles. The first-order chi connectivity index (χ1) is 6.34. The van der Waals surface area contributed by atoms with Crippen molar-refractivity contribution >= 4 is 21.6 Å². The van der Waals surface area contributed by atoms with E-state index in [-0.39, 0.29) is 17.8 Å². The van der Waals surface area contributed by atoms with Gasteiger partial charge in [0.1, 0.15) is 0 Å². The largest absolute Gasteiger partial charge is 0.350 e. The van der Waals surface area contributed by atoms with E-state index < -0.39 is 15.8 Å². The zero-order chi connectivity index (χ0) is 10.9. The highest BCUT2D eigenvalue weighted by atomic mass is 35.5. The molecule has 0 radical (unpaired) electrons. The van der Waals surface area contributed by atoms with Crippen LogP contribution in [0.3, 0.4) is 0 Å². The summed E-state index contributed by atoms with van der Waals surface area (Å²) in [6.45, 7) is 0.135. The molecule has 1 fully saturated rings. The molecule has 7 heteroatoms. The monoisotopic (exact) mass is 247 g/mol. The predicted molar refractivity (Wildman–Crippen MR) is 49.9 cm³/mol. The maximum absolute atomic E-state index is 12.1. The van der Waals surface area contributed by atoms with Gasteiger partial charge in [-0.3, -0.25) is 0 Å². The van der Waals surface area contributed by atoms with E-state index in [1.807, 2.05) is 0 Å². The molecule has 3 nitrogen and oxygen atoms in total. The van der Waals surface area contributed by atoms with E-state index in [2.05, 4.69) is 0 Å². The number of hydrogen-bond donors (Lipinski definition) is 0. The first-order valence-electron chi connectivity index (χ1n) is 4.21. The standard InChI is InChI=1S/C7H12ClF2NO2S/c1-11(14(12,13)7(9)10)4-5-2-6(8)3-5/h5-7H,2-4H2,1H3. The number of hydrogen-bond acceptors (Lipinski definition) is 2. The lowest BCUT2D eigenvalue weighted by atomic mass is 9.85. The van der Waals surface area contributed by atoms with Crippen LogP contribution in [0.15, 0.2) is 0 Å². The van der Waals surface area contributed by atoms with E-state index in [4.69, 9.17) is 11.6 Å². The van der Waals surface area contributed by atoms with Gasteiger partial charge in [-0.05, 0) is 18.8 Å². The van der Waals surface area contributed by atoms with Crippen molar-refractivity contribution in [2.45, 2.75) is 24.0 Å². The van der Waals surface area contributed by atoms with Gasteiger partial charge in [0, 0.05) is 19.0 Å². The van der Waals surface area contributed by atoms with Crippen LogP contribution in [-0.4, -0.2) is 37.5 Å². The molecule has 0 N–H and O–H groups in total. The maximum Gasteiger partial charge on any atom is 0.350 e. The quantitative estimate of drug-likeness (QED) is 0.706. The third kappa shape index (κ3) is 2.55. The number of alkyl halides is 3. The van der Waals surface area contributed by atoms with Crippen molar-refractivity contribution in [1.82, 2.24) is 4.31 Å². The first kappa shape index (κ1) is 12.1. The summed E-state index contributed by atoms with van der Waals surface area (Å²) in [5.74, 6) is -3.21.